The summed E-state index contributed by atoms with van der Waals surface area (Å²) in [5.74, 6) is -0.976. The van der Waals surface area contributed by atoms with Crippen molar-refractivity contribution in [1.82, 2.24) is 10.6 Å². The number of unbranched alkanes of at least 4 members (excludes halogenated alkanes) is 1. The van der Waals surface area contributed by atoms with Gasteiger partial charge in [-0.05, 0) is 25.5 Å². The summed E-state index contributed by atoms with van der Waals surface area (Å²) in [6.45, 7) is 6.74. The Bertz CT molecular complexity index is 299. The zero-order chi connectivity index (χ0) is 15.6. The predicted octanol–water partition coefficient (Wildman–Crippen LogP) is 2.85. The SMILES string of the molecule is CCCC[C@H](NC(=O)NCC(CC)(CC)SC)C(=O)O. The zero-order valence-corrected chi connectivity index (χ0v) is 13.8. The van der Waals surface area contributed by atoms with Gasteiger partial charge in [0.25, 0.3) is 0 Å². The summed E-state index contributed by atoms with van der Waals surface area (Å²) in [6.07, 6.45) is 6.12. The first-order valence-corrected chi connectivity index (χ1v) is 8.49. The van der Waals surface area contributed by atoms with Crippen LogP contribution in [0.25, 0.3) is 0 Å². The number of rotatable bonds is 10. The van der Waals surface area contributed by atoms with Crippen LogP contribution < -0.4 is 10.6 Å². The second-order valence-corrected chi connectivity index (χ2v) is 6.23. The molecule has 1 atom stereocenters. The molecule has 0 aliphatic heterocycles. The lowest BCUT2D eigenvalue weighted by Crippen LogP contribution is -2.49. The molecule has 0 rings (SSSR count). The second-order valence-electron chi connectivity index (χ2n) is 4.95. The average Bonchev–Trinajstić information content (AvgIpc) is 2.45. The first kappa shape index (κ1) is 19.1. The van der Waals surface area contributed by atoms with Crippen LogP contribution in [0.15, 0.2) is 0 Å². The Balaban J connectivity index is 4.35. The number of carbonyl (C=O) groups is 2. The molecule has 0 saturated carbocycles. The molecule has 0 bridgehead atoms. The smallest absolute Gasteiger partial charge is 0.326 e. The van der Waals surface area contributed by atoms with Crippen LogP contribution in [0, 0.1) is 0 Å². The van der Waals surface area contributed by atoms with E-state index in [4.69, 9.17) is 5.11 Å². The molecule has 0 aliphatic carbocycles. The van der Waals surface area contributed by atoms with Crippen LogP contribution >= 0.6 is 11.8 Å². The molecule has 118 valence electrons. The van der Waals surface area contributed by atoms with Crippen molar-refractivity contribution in [3.63, 3.8) is 0 Å². The minimum absolute atomic E-state index is 0.0273. The maximum atomic E-state index is 11.8. The highest BCUT2D eigenvalue weighted by molar-refractivity contribution is 8.00. The number of nitrogens with one attached hydrogen (secondary N) is 2. The Morgan fingerprint density at radius 1 is 1.25 bits per heavy atom. The molecule has 3 N–H and O–H groups in total. The molecule has 5 nitrogen and oxygen atoms in total. The molecule has 20 heavy (non-hydrogen) atoms. The maximum Gasteiger partial charge on any atom is 0.326 e. The first-order chi connectivity index (χ1) is 9.44. The van der Waals surface area contributed by atoms with E-state index in [1.807, 2.05) is 13.2 Å². The molecule has 0 aromatic rings. The fourth-order valence-corrected chi connectivity index (χ4v) is 2.77. The summed E-state index contributed by atoms with van der Waals surface area (Å²) in [5.41, 5.74) is 0. The monoisotopic (exact) mass is 304 g/mol. The van der Waals surface area contributed by atoms with Crippen LogP contribution in [-0.2, 0) is 4.79 Å². The quantitative estimate of drug-likeness (QED) is 0.580. The predicted molar refractivity (Wildman–Crippen MR) is 84.3 cm³/mol. The Hall–Kier alpha value is -0.910. The third-order valence-electron chi connectivity index (χ3n) is 3.74. The van der Waals surface area contributed by atoms with Crippen molar-refractivity contribution in [2.24, 2.45) is 0 Å². The van der Waals surface area contributed by atoms with Gasteiger partial charge in [0.15, 0.2) is 0 Å². The lowest BCUT2D eigenvalue weighted by molar-refractivity contribution is -0.139. The Labute approximate surface area is 126 Å². The van der Waals surface area contributed by atoms with Crippen LogP contribution in [0.3, 0.4) is 0 Å². The topological polar surface area (TPSA) is 78.4 Å². The standard InChI is InChI=1S/C14H28N2O3S/c1-5-8-9-11(12(17)18)16-13(19)15-10-14(6-2,7-3)20-4/h11H,5-10H2,1-4H3,(H,17,18)(H2,15,16,19)/t11-/m0/s1. The van der Waals surface area contributed by atoms with E-state index in [9.17, 15) is 9.59 Å². The summed E-state index contributed by atoms with van der Waals surface area (Å²) in [5, 5.41) is 14.4. The van der Waals surface area contributed by atoms with Gasteiger partial charge in [-0.25, -0.2) is 9.59 Å². The maximum absolute atomic E-state index is 11.8. The van der Waals surface area contributed by atoms with E-state index in [-0.39, 0.29) is 4.75 Å². The molecule has 0 aliphatic rings. The highest BCUT2D eigenvalue weighted by atomic mass is 32.2. The number of thioether (sulfide) groups is 1. The molecular weight excluding hydrogens is 276 g/mol. The van der Waals surface area contributed by atoms with Crippen LogP contribution in [-0.4, -0.2) is 40.7 Å². The van der Waals surface area contributed by atoms with Gasteiger partial charge in [-0.1, -0.05) is 33.6 Å². The van der Waals surface area contributed by atoms with Crippen molar-refractivity contribution in [3.8, 4) is 0 Å². The lowest BCUT2D eigenvalue weighted by atomic mass is 10.0. The molecule has 0 unspecified atom stereocenters. The highest BCUT2D eigenvalue weighted by Gasteiger charge is 2.26. The Morgan fingerprint density at radius 3 is 2.25 bits per heavy atom. The summed E-state index contributed by atoms with van der Waals surface area (Å²) in [7, 11) is 0. The Kier molecular flexibility index (Phi) is 9.46. The van der Waals surface area contributed by atoms with E-state index in [0.29, 0.717) is 13.0 Å². The van der Waals surface area contributed by atoms with E-state index in [1.165, 1.54) is 0 Å². The normalized spacial score (nSPS) is 12.8. The van der Waals surface area contributed by atoms with Gasteiger partial charge in [0.1, 0.15) is 6.04 Å². The number of urea groups is 1. The minimum Gasteiger partial charge on any atom is -0.480 e. The molecule has 6 heteroatoms. The number of carboxylic acid groups (broad SMARTS) is 1. The van der Waals surface area contributed by atoms with Gasteiger partial charge < -0.3 is 15.7 Å². The first-order valence-electron chi connectivity index (χ1n) is 7.27. The fourth-order valence-electron chi connectivity index (χ4n) is 1.98. The van der Waals surface area contributed by atoms with Crippen LogP contribution in [0.4, 0.5) is 4.79 Å². The molecule has 0 radical (unpaired) electrons. The number of amides is 2. The highest BCUT2D eigenvalue weighted by Crippen LogP contribution is 2.29. The van der Waals surface area contributed by atoms with Gasteiger partial charge in [0.2, 0.25) is 0 Å². The average molecular weight is 304 g/mol. The van der Waals surface area contributed by atoms with Gasteiger partial charge in [-0.3, -0.25) is 0 Å². The van der Waals surface area contributed by atoms with Crippen LogP contribution in [0.5, 0.6) is 0 Å². The van der Waals surface area contributed by atoms with Crippen molar-refractivity contribution in [2.45, 2.75) is 63.7 Å². The summed E-state index contributed by atoms with van der Waals surface area (Å²) >= 11 is 1.74. The van der Waals surface area contributed by atoms with Crippen LogP contribution in [0.2, 0.25) is 0 Å². The van der Waals surface area contributed by atoms with E-state index >= 15 is 0 Å². The number of carboxylic acids is 1. The van der Waals surface area contributed by atoms with Gasteiger partial charge in [-0.2, -0.15) is 11.8 Å². The minimum atomic E-state index is -0.976. The van der Waals surface area contributed by atoms with Crippen LogP contribution in [0.1, 0.15) is 52.9 Å². The number of hydrogen-bond acceptors (Lipinski definition) is 3. The molecule has 0 heterocycles. The molecule has 0 aromatic heterocycles. The van der Waals surface area contributed by atoms with Gasteiger partial charge in [0.05, 0.1) is 0 Å². The summed E-state index contributed by atoms with van der Waals surface area (Å²) < 4.78 is 0.0273. The molecule has 0 spiro atoms. The molecular formula is C14H28N2O3S. The third kappa shape index (κ3) is 6.50. The van der Waals surface area contributed by atoms with E-state index in [2.05, 4.69) is 24.5 Å². The molecule has 0 aromatic carbocycles. The summed E-state index contributed by atoms with van der Waals surface area (Å²) in [4.78, 5) is 22.9. The lowest BCUT2D eigenvalue weighted by Gasteiger charge is -2.30. The van der Waals surface area contributed by atoms with E-state index in [0.717, 1.165) is 25.7 Å². The second kappa shape index (κ2) is 9.91. The summed E-state index contributed by atoms with van der Waals surface area (Å²) in [6, 6.07) is -1.20. The number of aliphatic carboxylic acids is 1. The Morgan fingerprint density at radius 2 is 1.85 bits per heavy atom. The van der Waals surface area contributed by atoms with Crippen molar-refractivity contribution in [2.75, 3.05) is 12.8 Å². The largest absolute Gasteiger partial charge is 0.480 e. The fraction of sp³-hybridized carbons (Fsp3) is 0.857. The zero-order valence-electron chi connectivity index (χ0n) is 13.0. The number of carbonyl (C=O) groups excluding carboxylic acids is 1. The van der Waals surface area contributed by atoms with Crippen molar-refractivity contribution in [3.05, 3.63) is 0 Å². The van der Waals surface area contributed by atoms with E-state index < -0.39 is 18.0 Å². The van der Waals surface area contributed by atoms with E-state index in [1.54, 1.807) is 11.8 Å². The van der Waals surface area contributed by atoms with Crippen molar-refractivity contribution < 1.29 is 14.7 Å². The molecule has 2 amide bonds. The van der Waals surface area contributed by atoms with Crippen molar-refractivity contribution >= 4 is 23.8 Å². The molecule has 0 fully saturated rings. The third-order valence-corrected chi connectivity index (χ3v) is 5.33. The molecule has 0 saturated heterocycles. The number of hydrogen-bond donors (Lipinski definition) is 3. The van der Waals surface area contributed by atoms with Crippen molar-refractivity contribution in [1.29, 1.82) is 0 Å². The van der Waals surface area contributed by atoms with Gasteiger partial charge in [-0.15, -0.1) is 0 Å². The van der Waals surface area contributed by atoms with Gasteiger partial charge >= 0.3 is 12.0 Å². The van der Waals surface area contributed by atoms with Gasteiger partial charge in [0, 0.05) is 11.3 Å².